The molecule has 1 aliphatic rings. The van der Waals surface area contributed by atoms with Gasteiger partial charge in [0.15, 0.2) is 23.2 Å². The molecule has 4 N–H and O–H groups in total. The van der Waals surface area contributed by atoms with E-state index in [1.165, 1.54) is 24.1 Å². The molecule has 1 amide bonds. The average molecular weight is 609 g/mol. The molecule has 4 rings (SSSR count). The average Bonchev–Trinajstić information content (AvgIpc) is 2.93. The number of halogens is 2. The van der Waals surface area contributed by atoms with Gasteiger partial charge < -0.3 is 35.5 Å². The number of anilines is 5. The highest BCUT2D eigenvalue weighted by Crippen LogP contribution is 2.31. The number of aromatic nitrogens is 2. The lowest BCUT2D eigenvalue weighted by Crippen LogP contribution is -2.34. The van der Waals surface area contributed by atoms with Crippen LogP contribution in [0.2, 0.25) is 0 Å². The van der Waals surface area contributed by atoms with Crippen LogP contribution in [0.4, 0.5) is 42.4 Å². The van der Waals surface area contributed by atoms with Gasteiger partial charge >= 0.3 is 6.09 Å². The number of hydrogen-bond acceptors (Lipinski definition) is 9. The fourth-order valence-electron chi connectivity index (χ4n) is 4.07. The molecule has 1 fully saturated rings. The number of hydrogen-bond donors (Lipinski definition) is 4. The van der Waals surface area contributed by atoms with Crippen LogP contribution in [-0.4, -0.2) is 48.0 Å². The van der Waals surface area contributed by atoms with E-state index in [9.17, 15) is 13.6 Å². The molecule has 3 aromatic rings. The molecule has 1 aliphatic carbocycles. The maximum absolute atomic E-state index is 14.7. The van der Waals surface area contributed by atoms with Gasteiger partial charge in [0, 0.05) is 35.4 Å². The number of nitrogens with zero attached hydrogens (tertiary/aromatic N) is 2. The molecule has 1 saturated carbocycles. The number of benzene rings is 2. The van der Waals surface area contributed by atoms with Crippen LogP contribution in [0.25, 0.3) is 0 Å². The van der Waals surface area contributed by atoms with Crippen molar-refractivity contribution in [2.45, 2.75) is 45.6 Å². The van der Waals surface area contributed by atoms with Crippen LogP contribution in [0.3, 0.4) is 0 Å². The summed E-state index contributed by atoms with van der Waals surface area (Å²) in [5.74, 6) is -1.18. The summed E-state index contributed by atoms with van der Waals surface area (Å²) >= 11 is 0. The number of allylic oxidation sites excluding steroid dienone is 2. The number of amides is 1. The zero-order chi connectivity index (χ0) is 31.5. The number of rotatable bonds is 14. The van der Waals surface area contributed by atoms with E-state index in [0.717, 1.165) is 30.4 Å². The van der Waals surface area contributed by atoms with Crippen molar-refractivity contribution in [3.05, 3.63) is 84.2 Å². The second kappa shape index (κ2) is 15.1. The van der Waals surface area contributed by atoms with E-state index >= 15 is 0 Å². The number of nitrogens with one attached hydrogen (secondary N) is 4. The van der Waals surface area contributed by atoms with Gasteiger partial charge in [-0.25, -0.2) is 18.6 Å². The van der Waals surface area contributed by atoms with Crippen molar-refractivity contribution in [1.82, 2.24) is 15.3 Å². The normalized spacial score (nSPS) is 12.5. The minimum Gasteiger partial charge on any atom is -0.488 e. The molecular weight excluding hydrogens is 570 g/mol. The van der Waals surface area contributed by atoms with Crippen molar-refractivity contribution in [3.8, 4) is 5.75 Å². The first kappa shape index (κ1) is 32.2. The maximum Gasteiger partial charge on any atom is 0.407 e. The quantitative estimate of drug-likeness (QED) is 0.141. The maximum atomic E-state index is 14.7. The Bertz CT molecular complexity index is 1490. The lowest BCUT2D eigenvalue weighted by molar-refractivity contribution is 0.0488. The van der Waals surface area contributed by atoms with Gasteiger partial charge in [0.2, 0.25) is 5.95 Å². The first-order valence-corrected chi connectivity index (χ1v) is 14.3. The van der Waals surface area contributed by atoms with Crippen molar-refractivity contribution in [2.75, 3.05) is 42.3 Å². The van der Waals surface area contributed by atoms with Crippen LogP contribution in [0.15, 0.2) is 72.6 Å². The Labute approximate surface area is 255 Å². The molecule has 0 spiro atoms. The molecule has 0 aliphatic heterocycles. The zero-order valence-corrected chi connectivity index (χ0v) is 25.1. The molecule has 10 nitrogen and oxygen atoms in total. The largest absolute Gasteiger partial charge is 0.488 e. The molecule has 12 heteroatoms. The topological polar surface area (TPSA) is 119 Å². The lowest BCUT2D eigenvalue weighted by atomic mass is 9.90. The third kappa shape index (κ3) is 9.94. The van der Waals surface area contributed by atoms with Gasteiger partial charge in [-0.05, 0) is 82.0 Å². The minimum atomic E-state index is -0.643. The lowest BCUT2D eigenvalue weighted by Gasteiger charge is -2.21. The van der Waals surface area contributed by atoms with Crippen molar-refractivity contribution >= 4 is 34.9 Å². The summed E-state index contributed by atoms with van der Waals surface area (Å²) in [7, 11) is 0. The van der Waals surface area contributed by atoms with Crippen molar-refractivity contribution in [2.24, 2.45) is 0 Å². The van der Waals surface area contributed by atoms with Gasteiger partial charge in [-0.2, -0.15) is 4.98 Å². The summed E-state index contributed by atoms with van der Waals surface area (Å²) < 4.78 is 45.2. The van der Waals surface area contributed by atoms with Gasteiger partial charge in [0.05, 0.1) is 19.4 Å². The highest BCUT2D eigenvalue weighted by atomic mass is 19.1. The second-order valence-electron chi connectivity index (χ2n) is 11.0. The van der Waals surface area contributed by atoms with Crippen LogP contribution in [0.5, 0.6) is 5.75 Å². The summed E-state index contributed by atoms with van der Waals surface area (Å²) in [6, 6.07) is 11.7. The van der Waals surface area contributed by atoms with Crippen molar-refractivity contribution < 1.29 is 27.8 Å². The first-order chi connectivity index (χ1) is 21.1. The molecule has 0 unspecified atom stereocenters. The Balaban J connectivity index is 1.26. The van der Waals surface area contributed by atoms with E-state index in [4.69, 9.17) is 14.2 Å². The molecule has 1 heterocycles. The Morgan fingerprint density at radius 3 is 2.48 bits per heavy atom. The van der Waals surface area contributed by atoms with Crippen LogP contribution in [0.1, 0.15) is 40.0 Å². The van der Waals surface area contributed by atoms with Gasteiger partial charge in [0.1, 0.15) is 12.2 Å². The SMILES string of the molecule is C=CC(Nc1cccc(Nc2nc(Nc3ccc(OCCOCCNC(=O)OC(C)(C)C)c(F)c3)ncc2F)c1)=C1CCC1. The third-order valence-electron chi connectivity index (χ3n) is 6.28. The molecule has 234 valence electrons. The van der Waals surface area contributed by atoms with Crippen LogP contribution in [0, 0.1) is 11.6 Å². The second-order valence-corrected chi connectivity index (χ2v) is 11.0. The van der Waals surface area contributed by atoms with E-state index in [0.29, 0.717) is 11.4 Å². The van der Waals surface area contributed by atoms with E-state index in [-0.39, 0.29) is 43.9 Å². The fraction of sp³-hybridized carbons (Fsp3) is 0.344. The zero-order valence-electron chi connectivity index (χ0n) is 25.1. The van der Waals surface area contributed by atoms with Crippen molar-refractivity contribution in [1.29, 1.82) is 0 Å². The van der Waals surface area contributed by atoms with Gasteiger partial charge in [-0.1, -0.05) is 12.6 Å². The van der Waals surface area contributed by atoms with Gasteiger partial charge in [0.25, 0.3) is 0 Å². The monoisotopic (exact) mass is 608 g/mol. The third-order valence-corrected chi connectivity index (χ3v) is 6.28. The number of alkyl carbamates (subject to hydrolysis) is 1. The van der Waals surface area contributed by atoms with Crippen LogP contribution < -0.4 is 26.0 Å². The highest BCUT2D eigenvalue weighted by Gasteiger charge is 2.16. The Kier molecular flexibility index (Phi) is 11.1. The van der Waals surface area contributed by atoms with E-state index in [2.05, 4.69) is 37.8 Å². The number of carbonyl (C=O) groups excluding carboxylic acids is 1. The highest BCUT2D eigenvalue weighted by molar-refractivity contribution is 5.67. The first-order valence-electron chi connectivity index (χ1n) is 14.3. The Morgan fingerprint density at radius 2 is 1.77 bits per heavy atom. The summed E-state index contributed by atoms with van der Waals surface area (Å²) in [5, 5.41) is 11.8. The molecule has 0 saturated heterocycles. The fourth-order valence-corrected chi connectivity index (χ4v) is 4.07. The molecule has 1 aromatic heterocycles. The summed E-state index contributed by atoms with van der Waals surface area (Å²) in [6.45, 7) is 10.0. The van der Waals surface area contributed by atoms with Crippen molar-refractivity contribution in [3.63, 3.8) is 0 Å². The summed E-state index contributed by atoms with van der Waals surface area (Å²) in [5.41, 5.74) is 3.56. The standard InChI is InChI=1S/C32H38F2N6O4/c1-5-27(21-8-6-9-21)37-22-10-7-11-23(18-22)38-29-26(34)20-36-30(40-29)39-24-12-13-28(25(33)19-24)43-17-16-42-15-14-35-31(41)44-32(2,3)4/h5,7,10-13,18-20,37H,1,6,8-9,14-17H2,2-4H3,(H,35,41)(H2,36,38,39,40). The van der Waals surface area contributed by atoms with Crippen LogP contribution in [-0.2, 0) is 9.47 Å². The summed E-state index contributed by atoms with van der Waals surface area (Å²) in [6.07, 6.45) is 5.61. The minimum absolute atomic E-state index is 0.0365. The molecular formula is C32H38F2N6O4. The summed E-state index contributed by atoms with van der Waals surface area (Å²) in [4.78, 5) is 19.8. The number of carbonyl (C=O) groups is 1. The number of ether oxygens (including phenoxy) is 3. The molecule has 2 aromatic carbocycles. The molecule has 0 bridgehead atoms. The van der Waals surface area contributed by atoms with E-state index < -0.39 is 23.3 Å². The Morgan fingerprint density at radius 1 is 1.00 bits per heavy atom. The molecule has 0 atom stereocenters. The molecule has 0 radical (unpaired) electrons. The predicted molar refractivity (Wildman–Crippen MR) is 167 cm³/mol. The van der Waals surface area contributed by atoms with Gasteiger partial charge in [-0.15, -0.1) is 0 Å². The Hall–Kier alpha value is -4.71. The smallest absolute Gasteiger partial charge is 0.407 e. The molecule has 44 heavy (non-hydrogen) atoms. The predicted octanol–water partition coefficient (Wildman–Crippen LogP) is 7.20. The van der Waals surface area contributed by atoms with Crippen LogP contribution >= 0.6 is 0 Å². The van der Waals surface area contributed by atoms with E-state index in [1.54, 1.807) is 32.9 Å². The van der Waals surface area contributed by atoms with Gasteiger partial charge in [-0.3, -0.25) is 0 Å². The van der Waals surface area contributed by atoms with E-state index in [1.807, 2.05) is 24.3 Å².